The van der Waals surface area contributed by atoms with E-state index in [1.165, 1.54) is 10.6 Å². The van der Waals surface area contributed by atoms with Crippen molar-refractivity contribution in [2.24, 2.45) is 0 Å². The second-order valence-electron chi connectivity index (χ2n) is 6.28. The third kappa shape index (κ3) is 3.52. The van der Waals surface area contributed by atoms with Gasteiger partial charge in [-0.25, -0.2) is 4.98 Å². The van der Waals surface area contributed by atoms with Crippen molar-refractivity contribution in [3.63, 3.8) is 0 Å². The topological polar surface area (TPSA) is 83.4 Å². The van der Waals surface area contributed by atoms with E-state index in [0.717, 1.165) is 0 Å². The first-order chi connectivity index (χ1) is 13.5. The Kier molecular flexibility index (Phi) is 4.67. The van der Waals surface area contributed by atoms with Gasteiger partial charge in [-0.05, 0) is 37.3 Å². The van der Waals surface area contributed by atoms with Crippen LogP contribution in [0.2, 0.25) is 5.02 Å². The summed E-state index contributed by atoms with van der Waals surface area (Å²) >= 11 is 6.05. The smallest absolute Gasteiger partial charge is 0.274 e. The number of hydrogen-bond acceptors (Lipinski definition) is 4. The van der Waals surface area contributed by atoms with E-state index >= 15 is 0 Å². The summed E-state index contributed by atoms with van der Waals surface area (Å²) in [7, 11) is 0. The second kappa shape index (κ2) is 7.28. The van der Waals surface area contributed by atoms with Gasteiger partial charge in [0.05, 0.1) is 6.54 Å². The normalized spacial score (nSPS) is 10.9. The van der Waals surface area contributed by atoms with Gasteiger partial charge in [0.1, 0.15) is 5.82 Å². The van der Waals surface area contributed by atoms with Gasteiger partial charge in [0.2, 0.25) is 0 Å². The summed E-state index contributed by atoms with van der Waals surface area (Å²) in [6.07, 6.45) is 0. The third-order valence-electron chi connectivity index (χ3n) is 4.20. The molecule has 0 unspecified atom stereocenters. The van der Waals surface area contributed by atoms with Gasteiger partial charge in [-0.15, -0.1) is 0 Å². The highest BCUT2D eigenvalue weighted by Gasteiger charge is 2.20. The predicted molar refractivity (Wildman–Crippen MR) is 107 cm³/mol. The Balaban J connectivity index is 1.75. The number of H-pyrrole nitrogens is 1. The number of aromatic nitrogens is 4. The Labute approximate surface area is 165 Å². The summed E-state index contributed by atoms with van der Waals surface area (Å²) < 4.78 is 1.26. The van der Waals surface area contributed by atoms with Crippen LogP contribution in [0.1, 0.15) is 21.9 Å². The van der Waals surface area contributed by atoms with Gasteiger partial charge in [0.15, 0.2) is 0 Å². The van der Waals surface area contributed by atoms with E-state index in [9.17, 15) is 9.59 Å². The van der Waals surface area contributed by atoms with Crippen molar-refractivity contribution in [1.29, 1.82) is 0 Å². The van der Waals surface area contributed by atoms with E-state index in [4.69, 9.17) is 11.6 Å². The van der Waals surface area contributed by atoms with Gasteiger partial charge in [-0.1, -0.05) is 35.9 Å². The molecule has 2 heterocycles. The van der Waals surface area contributed by atoms with Crippen molar-refractivity contribution in [3.8, 4) is 0 Å². The van der Waals surface area contributed by atoms with Crippen molar-refractivity contribution in [3.05, 3.63) is 93.1 Å². The molecule has 7 nitrogen and oxygen atoms in total. The van der Waals surface area contributed by atoms with Crippen LogP contribution in [0.15, 0.2) is 65.5 Å². The fraction of sp³-hybridized carbons (Fsp3) is 0.100. The Morgan fingerprint density at radius 2 is 1.89 bits per heavy atom. The summed E-state index contributed by atoms with van der Waals surface area (Å²) in [6.45, 7) is 1.87. The highest BCUT2D eigenvalue weighted by Crippen LogP contribution is 2.20. The van der Waals surface area contributed by atoms with Crippen molar-refractivity contribution >= 4 is 29.0 Å². The van der Waals surface area contributed by atoms with E-state index in [-0.39, 0.29) is 23.8 Å². The molecule has 8 heteroatoms. The van der Waals surface area contributed by atoms with E-state index in [1.54, 1.807) is 36.1 Å². The van der Waals surface area contributed by atoms with Crippen LogP contribution < -0.4 is 10.5 Å². The maximum Gasteiger partial charge on any atom is 0.274 e. The van der Waals surface area contributed by atoms with E-state index in [1.807, 2.05) is 30.3 Å². The highest BCUT2D eigenvalue weighted by atomic mass is 35.5. The molecule has 1 N–H and O–H groups in total. The summed E-state index contributed by atoms with van der Waals surface area (Å²) in [6, 6.07) is 17.4. The quantitative estimate of drug-likeness (QED) is 0.577. The number of halogens is 1. The van der Waals surface area contributed by atoms with Crippen LogP contribution in [-0.4, -0.2) is 25.5 Å². The highest BCUT2D eigenvalue weighted by molar-refractivity contribution is 6.31. The van der Waals surface area contributed by atoms with Crippen molar-refractivity contribution in [2.45, 2.75) is 13.5 Å². The molecule has 140 valence electrons. The molecule has 2 aromatic heterocycles. The Bertz CT molecular complexity index is 1220. The molecular formula is C20H16ClN5O2. The molecule has 28 heavy (non-hydrogen) atoms. The average Bonchev–Trinajstić information content (AvgIpc) is 3.09. The number of nitrogens with one attached hydrogen (secondary N) is 1. The minimum absolute atomic E-state index is 0.136. The van der Waals surface area contributed by atoms with E-state index in [2.05, 4.69) is 15.1 Å². The van der Waals surface area contributed by atoms with E-state index in [0.29, 0.717) is 27.8 Å². The molecule has 0 saturated heterocycles. The summed E-state index contributed by atoms with van der Waals surface area (Å²) in [5, 5.41) is 3.40. The minimum atomic E-state index is -0.256. The van der Waals surface area contributed by atoms with Crippen molar-refractivity contribution in [1.82, 2.24) is 19.6 Å². The fourth-order valence-corrected chi connectivity index (χ4v) is 3.11. The van der Waals surface area contributed by atoms with Crippen LogP contribution in [0.3, 0.4) is 0 Å². The third-order valence-corrected chi connectivity index (χ3v) is 4.43. The van der Waals surface area contributed by atoms with Crippen LogP contribution in [0.5, 0.6) is 0 Å². The van der Waals surface area contributed by atoms with Crippen LogP contribution in [0.4, 0.5) is 5.69 Å². The van der Waals surface area contributed by atoms with Crippen LogP contribution in [0.25, 0.3) is 5.78 Å². The zero-order chi connectivity index (χ0) is 19.7. The molecule has 0 aliphatic heterocycles. The number of fused-ring (bicyclic) bond motifs is 1. The average molecular weight is 394 g/mol. The van der Waals surface area contributed by atoms with Gasteiger partial charge in [0, 0.05) is 28.0 Å². The lowest BCUT2D eigenvalue weighted by atomic mass is 10.1. The predicted octanol–water partition coefficient (Wildman–Crippen LogP) is 3.23. The molecule has 0 aliphatic rings. The maximum atomic E-state index is 13.2. The van der Waals surface area contributed by atoms with Crippen LogP contribution >= 0.6 is 11.6 Å². The summed E-state index contributed by atoms with van der Waals surface area (Å²) in [5.74, 6) is 0.475. The molecule has 4 aromatic rings. The van der Waals surface area contributed by atoms with Crippen molar-refractivity contribution < 1.29 is 4.79 Å². The lowest BCUT2D eigenvalue weighted by molar-refractivity contribution is 0.0984. The first kappa shape index (κ1) is 17.9. The zero-order valence-corrected chi connectivity index (χ0v) is 15.7. The molecule has 2 aromatic carbocycles. The molecule has 0 fully saturated rings. The van der Waals surface area contributed by atoms with Crippen molar-refractivity contribution in [2.75, 3.05) is 4.90 Å². The van der Waals surface area contributed by atoms with Gasteiger partial charge in [-0.2, -0.15) is 9.50 Å². The Morgan fingerprint density at radius 1 is 1.11 bits per heavy atom. The Hall–Kier alpha value is -3.45. The van der Waals surface area contributed by atoms with Gasteiger partial charge in [0.25, 0.3) is 17.2 Å². The summed E-state index contributed by atoms with van der Waals surface area (Å²) in [5.41, 5.74) is 1.48. The molecule has 0 atom stereocenters. The number of carbonyl (C=O) groups excluding carboxylic acids is 1. The van der Waals surface area contributed by atoms with Crippen LogP contribution in [0, 0.1) is 6.92 Å². The fourth-order valence-electron chi connectivity index (χ4n) is 2.92. The molecule has 4 rings (SSSR count). The van der Waals surface area contributed by atoms with E-state index < -0.39 is 0 Å². The zero-order valence-electron chi connectivity index (χ0n) is 15.0. The molecule has 0 radical (unpaired) electrons. The molecule has 0 bridgehead atoms. The number of rotatable bonds is 4. The standard InChI is InChI=1S/C20H16ClN5O2/c1-13-10-18(27)26-20(22-13)23-17(24-26)12-25(16-8-3-2-4-9-16)19(28)14-6-5-7-15(21)11-14/h2-11H,12H2,1H3,(H,22,23,24). The lowest BCUT2D eigenvalue weighted by Gasteiger charge is -2.22. The number of aryl methyl sites for hydroxylation is 1. The molecular weight excluding hydrogens is 378 g/mol. The number of amides is 1. The number of aromatic amines is 1. The first-order valence-corrected chi connectivity index (χ1v) is 8.97. The Morgan fingerprint density at radius 3 is 2.64 bits per heavy atom. The molecule has 0 saturated carbocycles. The maximum absolute atomic E-state index is 13.2. The monoisotopic (exact) mass is 393 g/mol. The largest absolute Gasteiger partial charge is 0.301 e. The number of para-hydroxylation sites is 1. The summed E-state index contributed by atoms with van der Waals surface area (Å²) in [4.78, 5) is 35.5. The first-order valence-electron chi connectivity index (χ1n) is 8.59. The molecule has 1 amide bonds. The molecule has 0 spiro atoms. The number of anilines is 1. The number of nitrogens with zero attached hydrogens (tertiary/aromatic N) is 4. The molecule has 0 aliphatic carbocycles. The van der Waals surface area contributed by atoms with Gasteiger partial charge in [-0.3, -0.25) is 14.7 Å². The second-order valence-corrected chi connectivity index (χ2v) is 6.72. The number of carbonyl (C=O) groups is 1. The van der Waals surface area contributed by atoms with Crippen LogP contribution in [-0.2, 0) is 6.54 Å². The van der Waals surface area contributed by atoms with Gasteiger partial charge < -0.3 is 4.90 Å². The minimum Gasteiger partial charge on any atom is -0.301 e. The van der Waals surface area contributed by atoms with Gasteiger partial charge >= 0.3 is 0 Å². The SMILES string of the molecule is Cc1cc(=O)n2[nH]c(CN(C(=O)c3cccc(Cl)c3)c3ccccc3)nc2n1. The number of benzene rings is 2. The number of hydrogen-bond donors (Lipinski definition) is 1. The lowest BCUT2D eigenvalue weighted by Crippen LogP contribution is -2.31.